The first-order valence-electron chi connectivity index (χ1n) is 5.69. The number of ether oxygens (including phenoxy) is 1. The molecule has 0 aliphatic rings. The second-order valence-electron chi connectivity index (χ2n) is 3.65. The van der Waals surface area contributed by atoms with Gasteiger partial charge in [-0.2, -0.15) is 0 Å². The molecular weight excluding hydrogens is 206 g/mol. The van der Waals surface area contributed by atoms with Crippen molar-refractivity contribution in [3.8, 4) is 5.75 Å². The van der Waals surface area contributed by atoms with Gasteiger partial charge in [-0.25, -0.2) is 0 Å². The molecule has 0 radical (unpaired) electrons. The molecule has 0 saturated carbocycles. The molecule has 0 saturated heterocycles. The molecule has 0 aliphatic heterocycles. The van der Waals surface area contributed by atoms with Crippen LogP contribution in [0.4, 0.5) is 0 Å². The lowest BCUT2D eigenvalue weighted by Crippen LogP contribution is -2.14. The van der Waals surface area contributed by atoms with Crippen molar-refractivity contribution in [1.29, 1.82) is 0 Å². The topological polar surface area (TPSA) is 21.3 Å². The van der Waals surface area contributed by atoms with E-state index in [-0.39, 0.29) is 0 Å². The smallest absolute Gasteiger partial charge is 0.134 e. The van der Waals surface area contributed by atoms with Gasteiger partial charge < -0.3 is 10.1 Å². The highest BCUT2D eigenvalue weighted by Crippen LogP contribution is 2.23. The molecule has 1 aromatic rings. The van der Waals surface area contributed by atoms with Crippen LogP contribution in [0.15, 0.2) is 11.4 Å². The lowest BCUT2D eigenvalue weighted by molar-refractivity contribution is 0.410. The van der Waals surface area contributed by atoms with Crippen molar-refractivity contribution in [2.75, 3.05) is 13.7 Å². The normalized spacial score (nSPS) is 10.5. The lowest BCUT2D eigenvalue weighted by Gasteiger charge is -2.04. The SMILES string of the molecule is CCCCCCNCc1sccc1OC. The van der Waals surface area contributed by atoms with Gasteiger partial charge in [0.2, 0.25) is 0 Å². The number of thiophene rings is 1. The summed E-state index contributed by atoms with van der Waals surface area (Å²) in [4.78, 5) is 1.30. The molecule has 0 bridgehead atoms. The van der Waals surface area contributed by atoms with Gasteiger partial charge in [0.25, 0.3) is 0 Å². The molecule has 0 atom stereocenters. The summed E-state index contributed by atoms with van der Waals surface area (Å²) in [6.07, 6.45) is 5.27. The highest BCUT2D eigenvalue weighted by molar-refractivity contribution is 7.10. The molecule has 1 rings (SSSR count). The highest BCUT2D eigenvalue weighted by atomic mass is 32.1. The quantitative estimate of drug-likeness (QED) is 0.687. The maximum atomic E-state index is 5.25. The Kier molecular flexibility index (Phi) is 6.44. The lowest BCUT2D eigenvalue weighted by atomic mass is 10.2. The summed E-state index contributed by atoms with van der Waals surface area (Å²) in [6.45, 7) is 4.29. The number of methoxy groups -OCH3 is 1. The number of unbranched alkanes of at least 4 members (excludes halogenated alkanes) is 3. The molecular formula is C12H21NOS. The van der Waals surface area contributed by atoms with E-state index in [1.54, 1.807) is 18.4 Å². The second kappa shape index (κ2) is 7.71. The van der Waals surface area contributed by atoms with Crippen LogP contribution < -0.4 is 10.1 Å². The molecule has 86 valence electrons. The molecule has 0 amide bonds. The Bertz CT molecular complexity index is 260. The summed E-state index contributed by atoms with van der Waals surface area (Å²) in [6, 6.07) is 2.03. The molecule has 15 heavy (non-hydrogen) atoms. The van der Waals surface area contributed by atoms with Gasteiger partial charge >= 0.3 is 0 Å². The summed E-state index contributed by atoms with van der Waals surface area (Å²) in [5, 5.41) is 5.53. The van der Waals surface area contributed by atoms with Crippen molar-refractivity contribution < 1.29 is 4.74 Å². The summed E-state index contributed by atoms with van der Waals surface area (Å²) in [7, 11) is 1.73. The number of nitrogens with one attached hydrogen (secondary N) is 1. The van der Waals surface area contributed by atoms with Gasteiger partial charge in [-0.3, -0.25) is 0 Å². The highest BCUT2D eigenvalue weighted by Gasteiger charge is 2.02. The van der Waals surface area contributed by atoms with E-state index in [1.807, 2.05) is 6.07 Å². The zero-order chi connectivity index (χ0) is 10.9. The Labute approximate surface area is 96.7 Å². The fourth-order valence-corrected chi connectivity index (χ4v) is 2.33. The van der Waals surface area contributed by atoms with Crippen molar-refractivity contribution in [2.45, 2.75) is 39.2 Å². The summed E-state index contributed by atoms with van der Waals surface area (Å²) in [5.74, 6) is 1.01. The van der Waals surface area contributed by atoms with Crippen LogP contribution in [-0.4, -0.2) is 13.7 Å². The van der Waals surface area contributed by atoms with Crippen molar-refractivity contribution in [2.24, 2.45) is 0 Å². The third kappa shape index (κ3) is 4.67. The van der Waals surface area contributed by atoms with E-state index in [1.165, 1.54) is 30.6 Å². The minimum absolute atomic E-state index is 0.937. The van der Waals surface area contributed by atoms with Crippen LogP contribution in [0, 0.1) is 0 Å². The average molecular weight is 227 g/mol. The molecule has 0 fully saturated rings. The maximum absolute atomic E-state index is 5.25. The largest absolute Gasteiger partial charge is 0.496 e. The third-order valence-electron chi connectivity index (χ3n) is 2.42. The Balaban J connectivity index is 2.09. The Hall–Kier alpha value is -0.540. The van der Waals surface area contributed by atoms with Gasteiger partial charge in [0.15, 0.2) is 0 Å². The molecule has 1 aromatic heterocycles. The Morgan fingerprint density at radius 2 is 2.20 bits per heavy atom. The predicted octanol–water partition coefficient (Wildman–Crippen LogP) is 3.43. The van der Waals surface area contributed by atoms with E-state index >= 15 is 0 Å². The summed E-state index contributed by atoms with van der Waals surface area (Å²) >= 11 is 1.75. The first-order valence-corrected chi connectivity index (χ1v) is 6.57. The molecule has 3 heteroatoms. The van der Waals surface area contributed by atoms with Gasteiger partial charge in [-0.05, 0) is 24.4 Å². The second-order valence-corrected chi connectivity index (χ2v) is 4.65. The van der Waals surface area contributed by atoms with E-state index in [0.29, 0.717) is 0 Å². The van der Waals surface area contributed by atoms with E-state index in [0.717, 1.165) is 18.8 Å². The van der Waals surface area contributed by atoms with Gasteiger partial charge in [0, 0.05) is 6.54 Å². The zero-order valence-corrected chi connectivity index (χ0v) is 10.5. The van der Waals surface area contributed by atoms with Crippen LogP contribution >= 0.6 is 11.3 Å². The minimum atomic E-state index is 0.937. The summed E-state index contributed by atoms with van der Waals surface area (Å²) < 4.78 is 5.25. The first kappa shape index (κ1) is 12.5. The Morgan fingerprint density at radius 3 is 2.93 bits per heavy atom. The first-order chi connectivity index (χ1) is 7.38. The molecule has 1 N–H and O–H groups in total. The molecule has 0 aromatic carbocycles. The summed E-state index contributed by atoms with van der Waals surface area (Å²) in [5.41, 5.74) is 0. The van der Waals surface area contributed by atoms with E-state index in [2.05, 4.69) is 17.6 Å². The van der Waals surface area contributed by atoms with E-state index in [9.17, 15) is 0 Å². The molecule has 1 heterocycles. The minimum Gasteiger partial charge on any atom is -0.496 e. The zero-order valence-electron chi connectivity index (χ0n) is 9.71. The number of rotatable bonds is 8. The fourth-order valence-electron chi connectivity index (χ4n) is 1.52. The van der Waals surface area contributed by atoms with Crippen LogP contribution in [-0.2, 0) is 6.54 Å². The van der Waals surface area contributed by atoms with Crippen LogP contribution in [0.2, 0.25) is 0 Å². The maximum Gasteiger partial charge on any atom is 0.134 e. The molecule has 0 aliphatic carbocycles. The fraction of sp³-hybridized carbons (Fsp3) is 0.667. The molecule has 2 nitrogen and oxygen atoms in total. The molecule has 0 unspecified atom stereocenters. The van der Waals surface area contributed by atoms with Crippen LogP contribution in [0.1, 0.15) is 37.5 Å². The van der Waals surface area contributed by atoms with Crippen molar-refractivity contribution in [3.05, 3.63) is 16.3 Å². The van der Waals surface area contributed by atoms with Crippen molar-refractivity contribution in [1.82, 2.24) is 5.32 Å². The van der Waals surface area contributed by atoms with Gasteiger partial charge in [-0.15, -0.1) is 11.3 Å². The average Bonchev–Trinajstić information content (AvgIpc) is 2.70. The van der Waals surface area contributed by atoms with Gasteiger partial charge in [-0.1, -0.05) is 26.2 Å². The van der Waals surface area contributed by atoms with Crippen LogP contribution in [0.5, 0.6) is 5.75 Å². The van der Waals surface area contributed by atoms with Crippen molar-refractivity contribution >= 4 is 11.3 Å². The van der Waals surface area contributed by atoms with E-state index in [4.69, 9.17) is 4.74 Å². The number of hydrogen-bond donors (Lipinski definition) is 1. The predicted molar refractivity (Wildman–Crippen MR) is 66.7 cm³/mol. The van der Waals surface area contributed by atoms with Crippen LogP contribution in [0.3, 0.4) is 0 Å². The number of hydrogen-bond acceptors (Lipinski definition) is 3. The van der Waals surface area contributed by atoms with Gasteiger partial charge in [0.1, 0.15) is 5.75 Å². The monoisotopic (exact) mass is 227 g/mol. The van der Waals surface area contributed by atoms with Crippen molar-refractivity contribution in [3.63, 3.8) is 0 Å². The van der Waals surface area contributed by atoms with Crippen LogP contribution in [0.25, 0.3) is 0 Å². The third-order valence-corrected chi connectivity index (χ3v) is 3.32. The van der Waals surface area contributed by atoms with Gasteiger partial charge in [0.05, 0.1) is 12.0 Å². The van der Waals surface area contributed by atoms with E-state index < -0.39 is 0 Å². The molecule has 0 spiro atoms. The standard InChI is InChI=1S/C12H21NOS/c1-3-4-5-6-8-13-10-12-11(14-2)7-9-15-12/h7,9,13H,3-6,8,10H2,1-2H3. The Morgan fingerprint density at radius 1 is 1.33 bits per heavy atom.